The maximum Gasteiger partial charge on any atom is 0.335 e. The monoisotopic (exact) mass is 462 g/mol. The van der Waals surface area contributed by atoms with Gasteiger partial charge in [-0.1, -0.05) is 35.9 Å². The summed E-state index contributed by atoms with van der Waals surface area (Å²) in [6, 6.07) is 19.9. The van der Waals surface area contributed by atoms with Gasteiger partial charge in [-0.3, -0.25) is 4.79 Å². The van der Waals surface area contributed by atoms with Crippen molar-refractivity contribution in [1.82, 2.24) is 0 Å². The molecule has 3 aromatic rings. The van der Waals surface area contributed by atoms with Crippen molar-refractivity contribution < 1.29 is 24.2 Å². The fraction of sp³-hybridized carbons (Fsp3) is 0.0800. The minimum Gasteiger partial charge on any atom is -0.493 e. The van der Waals surface area contributed by atoms with Crippen LogP contribution in [-0.4, -0.2) is 24.1 Å². The number of aromatic carboxylic acids is 1. The third-order valence-electron chi connectivity index (χ3n) is 4.54. The summed E-state index contributed by atoms with van der Waals surface area (Å²) in [5.41, 5.74) is 1.94. The molecule has 1 amide bonds. The van der Waals surface area contributed by atoms with Gasteiger partial charge in [0.05, 0.1) is 12.7 Å². The van der Waals surface area contributed by atoms with Gasteiger partial charge >= 0.3 is 5.97 Å². The molecule has 0 atom stereocenters. The highest BCUT2D eigenvalue weighted by Gasteiger charge is 2.12. The molecule has 0 saturated carbocycles. The number of carboxylic acids is 1. The third kappa shape index (κ3) is 6.35. The van der Waals surface area contributed by atoms with Gasteiger partial charge in [-0.25, -0.2) is 4.79 Å². The predicted octanol–water partition coefficient (Wildman–Crippen LogP) is 5.17. The van der Waals surface area contributed by atoms with Crippen LogP contribution in [0.5, 0.6) is 11.5 Å². The van der Waals surface area contributed by atoms with Crippen molar-refractivity contribution in [2.75, 3.05) is 12.4 Å². The zero-order valence-corrected chi connectivity index (χ0v) is 18.3. The fourth-order valence-corrected chi connectivity index (χ4v) is 3.07. The molecule has 3 aromatic carbocycles. The second-order valence-electron chi connectivity index (χ2n) is 6.84. The summed E-state index contributed by atoms with van der Waals surface area (Å²) >= 11 is 5.92. The average Bonchev–Trinajstić information content (AvgIpc) is 2.81. The number of benzene rings is 3. The molecule has 8 heteroatoms. The molecule has 0 aromatic heterocycles. The lowest BCUT2D eigenvalue weighted by atomic mass is 10.1. The van der Waals surface area contributed by atoms with Crippen molar-refractivity contribution in [3.63, 3.8) is 0 Å². The number of carboxylic acid groups (broad SMARTS) is 1. The van der Waals surface area contributed by atoms with Gasteiger partial charge in [-0.2, -0.15) is 5.26 Å². The minimum atomic E-state index is -0.995. The first kappa shape index (κ1) is 23.4. The van der Waals surface area contributed by atoms with E-state index in [9.17, 15) is 14.9 Å². The van der Waals surface area contributed by atoms with E-state index in [4.69, 9.17) is 26.2 Å². The molecular formula is C25H19ClN2O5. The summed E-state index contributed by atoms with van der Waals surface area (Å²) in [6.07, 6.45) is 1.44. The van der Waals surface area contributed by atoms with Gasteiger partial charge < -0.3 is 19.9 Å². The molecule has 0 aliphatic carbocycles. The molecule has 0 heterocycles. The van der Waals surface area contributed by atoms with E-state index in [-0.39, 0.29) is 17.7 Å². The number of rotatable bonds is 8. The van der Waals surface area contributed by atoms with E-state index in [0.717, 1.165) is 5.56 Å². The Morgan fingerprint density at radius 1 is 1.09 bits per heavy atom. The molecule has 0 aliphatic rings. The van der Waals surface area contributed by atoms with Crippen LogP contribution < -0.4 is 14.8 Å². The third-order valence-corrected chi connectivity index (χ3v) is 4.78. The second-order valence-corrected chi connectivity index (χ2v) is 7.27. The normalized spacial score (nSPS) is 10.8. The number of carbonyl (C=O) groups is 2. The van der Waals surface area contributed by atoms with E-state index in [1.165, 1.54) is 25.3 Å². The SMILES string of the molecule is COc1cc(C=C(C#N)C(=O)Nc2cccc(Cl)c2)ccc1OCc1ccc(C(=O)O)cc1. The van der Waals surface area contributed by atoms with Crippen LogP contribution in [0.2, 0.25) is 5.02 Å². The molecule has 0 saturated heterocycles. The maximum atomic E-state index is 12.5. The van der Waals surface area contributed by atoms with Crippen LogP contribution >= 0.6 is 11.6 Å². The molecule has 166 valence electrons. The van der Waals surface area contributed by atoms with Crippen molar-refractivity contribution in [2.24, 2.45) is 0 Å². The maximum absolute atomic E-state index is 12.5. The van der Waals surface area contributed by atoms with Crippen LogP contribution in [0.1, 0.15) is 21.5 Å². The van der Waals surface area contributed by atoms with E-state index in [0.29, 0.717) is 27.8 Å². The van der Waals surface area contributed by atoms with Crippen LogP contribution in [0, 0.1) is 11.3 Å². The van der Waals surface area contributed by atoms with E-state index < -0.39 is 11.9 Å². The van der Waals surface area contributed by atoms with Gasteiger partial charge in [-0.05, 0) is 59.7 Å². The number of methoxy groups -OCH3 is 1. The van der Waals surface area contributed by atoms with E-state index in [2.05, 4.69) is 5.32 Å². The lowest BCUT2D eigenvalue weighted by molar-refractivity contribution is -0.112. The molecule has 0 radical (unpaired) electrons. The number of carbonyl (C=O) groups excluding carboxylic acids is 1. The number of hydrogen-bond donors (Lipinski definition) is 2. The highest BCUT2D eigenvalue weighted by atomic mass is 35.5. The van der Waals surface area contributed by atoms with Crippen molar-refractivity contribution in [3.05, 3.63) is 94.0 Å². The molecule has 0 aliphatic heterocycles. The number of hydrogen-bond acceptors (Lipinski definition) is 5. The molecule has 3 rings (SSSR count). The Morgan fingerprint density at radius 3 is 2.48 bits per heavy atom. The number of anilines is 1. The van der Waals surface area contributed by atoms with E-state index in [1.807, 2.05) is 6.07 Å². The number of nitrogens with zero attached hydrogens (tertiary/aromatic N) is 1. The summed E-state index contributed by atoms with van der Waals surface area (Å²) < 4.78 is 11.2. The van der Waals surface area contributed by atoms with Crippen LogP contribution in [0.25, 0.3) is 6.08 Å². The van der Waals surface area contributed by atoms with Crippen molar-refractivity contribution in [3.8, 4) is 17.6 Å². The minimum absolute atomic E-state index is 0.0933. The predicted molar refractivity (Wildman–Crippen MR) is 124 cm³/mol. The zero-order chi connectivity index (χ0) is 23.8. The molecule has 33 heavy (non-hydrogen) atoms. The first-order chi connectivity index (χ1) is 15.9. The summed E-state index contributed by atoms with van der Waals surface area (Å²) in [5.74, 6) is -0.688. The summed E-state index contributed by atoms with van der Waals surface area (Å²) in [5, 5.41) is 21.5. The standard InChI is InChI=1S/C25H19ClN2O5/c1-32-23-12-17(11-19(14-27)24(29)28-21-4-2-3-20(26)13-21)7-10-22(23)33-15-16-5-8-18(9-6-16)25(30)31/h2-13H,15H2,1H3,(H,28,29)(H,30,31). The number of amides is 1. The Morgan fingerprint density at radius 2 is 1.85 bits per heavy atom. The van der Waals surface area contributed by atoms with Gasteiger partial charge in [0.1, 0.15) is 18.2 Å². The molecule has 0 fully saturated rings. The largest absolute Gasteiger partial charge is 0.493 e. The molecular weight excluding hydrogens is 444 g/mol. The number of halogens is 1. The Labute approximate surface area is 195 Å². The lowest BCUT2D eigenvalue weighted by Crippen LogP contribution is -2.13. The summed E-state index contributed by atoms with van der Waals surface area (Å²) in [6.45, 7) is 0.205. The van der Waals surface area contributed by atoms with Gasteiger partial charge in [0.2, 0.25) is 0 Å². The Kier molecular flexibility index (Phi) is 7.68. The first-order valence-corrected chi connectivity index (χ1v) is 10.1. The quantitative estimate of drug-likeness (QED) is 0.353. The van der Waals surface area contributed by atoms with Gasteiger partial charge in [0, 0.05) is 10.7 Å². The fourth-order valence-electron chi connectivity index (χ4n) is 2.88. The number of nitriles is 1. The van der Waals surface area contributed by atoms with Crippen LogP contribution in [-0.2, 0) is 11.4 Å². The van der Waals surface area contributed by atoms with E-state index >= 15 is 0 Å². The van der Waals surface area contributed by atoms with Crippen LogP contribution in [0.4, 0.5) is 5.69 Å². The van der Waals surface area contributed by atoms with E-state index in [1.54, 1.807) is 54.6 Å². The van der Waals surface area contributed by atoms with Crippen LogP contribution in [0.3, 0.4) is 0 Å². The van der Waals surface area contributed by atoms with Crippen molar-refractivity contribution in [1.29, 1.82) is 5.26 Å². The highest BCUT2D eigenvalue weighted by Crippen LogP contribution is 2.30. The molecule has 0 unspecified atom stereocenters. The highest BCUT2D eigenvalue weighted by molar-refractivity contribution is 6.31. The number of nitrogens with one attached hydrogen (secondary N) is 1. The first-order valence-electron chi connectivity index (χ1n) is 9.71. The molecule has 0 bridgehead atoms. The Bertz CT molecular complexity index is 1250. The topological polar surface area (TPSA) is 109 Å². The van der Waals surface area contributed by atoms with Gasteiger partial charge in [0.15, 0.2) is 11.5 Å². The van der Waals surface area contributed by atoms with Crippen LogP contribution in [0.15, 0.2) is 72.3 Å². The smallest absolute Gasteiger partial charge is 0.335 e. The summed E-state index contributed by atoms with van der Waals surface area (Å²) in [4.78, 5) is 23.4. The number of ether oxygens (including phenoxy) is 2. The lowest BCUT2D eigenvalue weighted by Gasteiger charge is -2.12. The Hall–Kier alpha value is -4.28. The van der Waals surface area contributed by atoms with Crippen molar-refractivity contribution >= 4 is 35.2 Å². The molecule has 7 nitrogen and oxygen atoms in total. The second kappa shape index (κ2) is 10.8. The van der Waals surface area contributed by atoms with Crippen molar-refractivity contribution in [2.45, 2.75) is 6.61 Å². The zero-order valence-electron chi connectivity index (χ0n) is 17.5. The summed E-state index contributed by atoms with van der Waals surface area (Å²) in [7, 11) is 1.48. The average molecular weight is 463 g/mol. The molecule has 0 spiro atoms. The van der Waals surface area contributed by atoms with Gasteiger partial charge in [0.25, 0.3) is 5.91 Å². The molecule has 2 N–H and O–H groups in total. The Balaban J connectivity index is 1.73. The van der Waals surface area contributed by atoms with Gasteiger partial charge in [-0.15, -0.1) is 0 Å².